The predicted octanol–water partition coefficient (Wildman–Crippen LogP) is 2.21. The number of hydrogen-bond acceptors (Lipinski definition) is 2. The summed E-state index contributed by atoms with van der Waals surface area (Å²) in [5.74, 6) is 1.35. The molecule has 2 nitrogen and oxygen atoms in total. The van der Waals surface area contributed by atoms with Crippen molar-refractivity contribution in [1.82, 2.24) is 5.32 Å². The van der Waals surface area contributed by atoms with Crippen molar-refractivity contribution in [2.75, 3.05) is 6.54 Å². The zero-order valence-corrected chi connectivity index (χ0v) is 8.02. The average molecular weight is 167 g/mol. The van der Waals surface area contributed by atoms with E-state index >= 15 is 0 Å². The molecule has 1 unspecified atom stereocenters. The van der Waals surface area contributed by atoms with Crippen LogP contribution in [-0.2, 0) is 0 Å². The maximum atomic E-state index is 9.58. The van der Waals surface area contributed by atoms with E-state index in [4.69, 9.17) is 0 Å². The Morgan fingerprint density at radius 1 is 1.58 bits per heavy atom. The Morgan fingerprint density at radius 3 is 2.67 bits per heavy atom. The van der Waals surface area contributed by atoms with Gasteiger partial charge in [-0.25, -0.2) is 0 Å². The Kier molecular flexibility index (Phi) is 2.46. The lowest BCUT2D eigenvalue weighted by Gasteiger charge is -2.29. The number of aliphatic hydroxyl groups excluding tert-OH is 1. The highest BCUT2D eigenvalue weighted by molar-refractivity contribution is 5.30. The summed E-state index contributed by atoms with van der Waals surface area (Å²) in [6.45, 7) is 10.9. The molecule has 1 heterocycles. The van der Waals surface area contributed by atoms with E-state index in [9.17, 15) is 5.11 Å². The Balaban J connectivity index is 2.90. The molecule has 0 spiro atoms. The molecular weight excluding hydrogens is 150 g/mol. The van der Waals surface area contributed by atoms with Crippen LogP contribution in [0.15, 0.2) is 23.6 Å². The highest BCUT2D eigenvalue weighted by atomic mass is 16.3. The second-order valence-electron chi connectivity index (χ2n) is 3.74. The molecule has 1 rings (SSSR count). The third kappa shape index (κ3) is 1.47. The van der Waals surface area contributed by atoms with Crippen molar-refractivity contribution in [1.29, 1.82) is 0 Å². The van der Waals surface area contributed by atoms with Gasteiger partial charge in [-0.05, 0) is 18.4 Å². The van der Waals surface area contributed by atoms with Crippen LogP contribution in [-0.4, -0.2) is 11.7 Å². The normalized spacial score (nSPS) is 24.7. The second-order valence-corrected chi connectivity index (χ2v) is 3.74. The molecule has 1 aliphatic heterocycles. The monoisotopic (exact) mass is 167 g/mol. The molecule has 0 radical (unpaired) electrons. The summed E-state index contributed by atoms with van der Waals surface area (Å²) in [7, 11) is 0. The Bertz CT molecular complexity index is 228. The molecule has 2 heteroatoms. The van der Waals surface area contributed by atoms with Gasteiger partial charge in [-0.3, -0.25) is 0 Å². The second kappa shape index (κ2) is 3.21. The highest BCUT2D eigenvalue weighted by Gasteiger charge is 2.23. The van der Waals surface area contributed by atoms with Crippen LogP contribution in [0.2, 0.25) is 0 Å². The molecule has 68 valence electrons. The standard InChI is InChI=1S/C10H17NO/c1-6(2)9-5-11-8(4)10(12)7(9)3/h6,9,11-12H,4-5H2,1-3H3. The number of nitrogens with one attached hydrogen (secondary N) is 1. The van der Waals surface area contributed by atoms with E-state index in [0.29, 0.717) is 23.3 Å². The predicted molar refractivity (Wildman–Crippen MR) is 50.8 cm³/mol. The van der Waals surface area contributed by atoms with E-state index < -0.39 is 0 Å². The van der Waals surface area contributed by atoms with Gasteiger partial charge in [0.25, 0.3) is 0 Å². The minimum atomic E-state index is 0.347. The molecule has 0 saturated carbocycles. The minimum Gasteiger partial charge on any atom is -0.506 e. The fraction of sp³-hybridized carbons (Fsp3) is 0.600. The minimum absolute atomic E-state index is 0.347. The quantitative estimate of drug-likeness (QED) is 0.627. The first kappa shape index (κ1) is 9.17. The van der Waals surface area contributed by atoms with Crippen LogP contribution in [0.3, 0.4) is 0 Å². The van der Waals surface area contributed by atoms with E-state index in [1.54, 1.807) is 0 Å². The molecule has 1 aliphatic rings. The van der Waals surface area contributed by atoms with Gasteiger partial charge >= 0.3 is 0 Å². The van der Waals surface area contributed by atoms with E-state index in [0.717, 1.165) is 12.1 Å². The first-order chi connectivity index (χ1) is 5.54. The molecule has 1 atom stereocenters. The van der Waals surface area contributed by atoms with Crippen molar-refractivity contribution in [3.63, 3.8) is 0 Å². The van der Waals surface area contributed by atoms with Gasteiger partial charge in [0.1, 0.15) is 5.76 Å². The summed E-state index contributed by atoms with van der Waals surface area (Å²) in [5.41, 5.74) is 1.72. The van der Waals surface area contributed by atoms with Gasteiger partial charge in [0.05, 0.1) is 5.70 Å². The van der Waals surface area contributed by atoms with Gasteiger partial charge in [-0.1, -0.05) is 20.4 Å². The van der Waals surface area contributed by atoms with Crippen molar-refractivity contribution in [3.05, 3.63) is 23.6 Å². The van der Waals surface area contributed by atoms with Crippen LogP contribution in [0.25, 0.3) is 0 Å². The van der Waals surface area contributed by atoms with Gasteiger partial charge in [-0.2, -0.15) is 0 Å². The van der Waals surface area contributed by atoms with Gasteiger partial charge in [0, 0.05) is 12.5 Å². The van der Waals surface area contributed by atoms with Gasteiger partial charge in [0.2, 0.25) is 0 Å². The van der Waals surface area contributed by atoms with Crippen LogP contribution in [0.5, 0.6) is 0 Å². The topological polar surface area (TPSA) is 32.3 Å². The van der Waals surface area contributed by atoms with Crippen molar-refractivity contribution < 1.29 is 5.11 Å². The summed E-state index contributed by atoms with van der Waals surface area (Å²) in [4.78, 5) is 0. The van der Waals surface area contributed by atoms with Crippen molar-refractivity contribution in [2.24, 2.45) is 11.8 Å². The number of rotatable bonds is 1. The maximum Gasteiger partial charge on any atom is 0.137 e. The lowest BCUT2D eigenvalue weighted by Crippen LogP contribution is -2.32. The van der Waals surface area contributed by atoms with Gasteiger partial charge in [-0.15, -0.1) is 0 Å². The van der Waals surface area contributed by atoms with E-state index in [1.807, 2.05) is 6.92 Å². The van der Waals surface area contributed by atoms with E-state index in [-0.39, 0.29) is 0 Å². The van der Waals surface area contributed by atoms with Crippen molar-refractivity contribution >= 4 is 0 Å². The van der Waals surface area contributed by atoms with Crippen LogP contribution >= 0.6 is 0 Å². The summed E-state index contributed by atoms with van der Waals surface area (Å²) >= 11 is 0. The van der Waals surface area contributed by atoms with Gasteiger partial charge in [0.15, 0.2) is 0 Å². The zero-order chi connectivity index (χ0) is 9.30. The summed E-state index contributed by atoms with van der Waals surface area (Å²) in [6.07, 6.45) is 0. The molecule has 12 heavy (non-hydrogen) atoms. The first-order valence-electron chi connectivity index (χ1n) is 4.37. The highest BCUT2D eigenvalue weighted by Crippen LogP contribution is 2.27. The van der Waals surface area contributed by atoms with E-state index in [2.05, 4.69) is 25.7 Å². The van der Waals surface area contributed by atoms with Crippen LogP contribution in [0.1, 0.15) is 20.8 Å². The summed E-state index contributed by atoms with van der Waals surface area (Å²) in [6, 6.07) is 0. The molecule has 0 aromatic carbocycles. The Labute approximate surface area is 74.0 Å². The zero-order valence-electron chi connectivity index (χ0n) is 8.02. The SMILES string of the molecule is C=C1NCC(C(C)C)C(C)=C1O. The molecule has 0 bridgehead atoms. The smallest absolute Gasteiger partial charge is 0.137 e. The third-order valence-electron chi connectivity index (χ3n) is 2.56. The molecule has 0 saturated heterocycles. The van der Waals surface area contributed by atoms with Crippen molar-refractivity contribution in [2.45, 2.75) is 20.8 Å². The fourth-order valence-corrected chi connectivity index (χ4v) is 1.62. The molecule has 2 N–H and O–H groups in total. The Morgan fingerprint density at radius 2 is 2.17 bits per heavy atom. The van der Waals surface area contributed by atoms with Crippen molar-refractivity contribution in [3.8, 4) is 0 Å². The molecule has 0 aromatic rings. The first-order valence-corrected chi connectivity index (χ1v) is 4.37. The average Bonchev–Trinajstić information content (AvgIpc) is 2.00. The third-order valence-corrected chi connectivity index (χ3v) is 2.56. The van der Waals surface area contributed by atoms with Crippen LogP contribution in [0, 0.1) is 11.8 Å². The largest absolute Gasteiger partial charge is 0.506 e. The molecule has 0 aromatic heterocycles. The van der Waals surface area contributed by atoms with Crippen LogP contribution in [0.4, 0.5) is 0 Å². The van der Waals surface area contributed by atoms with Gasteiger partial charge < -0.3 is 10.4 Å². The fourth-order valence-electron chi connectivity index (χ4n) is 1.62. The lowest BCUT2D eigenvalue weighted by molar-refractivity contribution is 0.339. The Hall–Kier alpha value is -0.920. The lowest BCUT2D eigenvalue weighted by atomic mass is 9.86. The number of aliphatic hydroxyl groups is 1. The summed E-state index contributed by atoms with van der Waals surface area (Å²) in [5, 5.41) is 12.7. The molecule has 0 aliphatic carbocycles. The number of hydrogen-bond donors (Lipinski definition) is 2. The van der Waals surface area contributed by atoms with E-state index in [1.165, 1.54) is 0 Å². The molecule has 0 amide bonds. The maximum absolute atomic E-state index is 9.58. The summed E-state index contributed by atoms with van der Waals surface area (Å²) < 4.78 is 0. The molecule has 0 fully saturated rings. The molecular formula is C10H17NO. The van der Waals surface area contributed by atoms with Crippen LogP contribution < -0.4 is 5.32 Å².